The number of hydrogen-bond acceptors (Lipinski definition) is 3. The molecule has 100 valence electrons. The van der Waals surface area contributed by atoms with Crippen LogP contribution in [0.5, 0.6) is 5.75 Å². The van der Waals surface area contributed by atoms with Crippen molar-refractivity contribution in [2.24, 2.45) is 0 Å². The van der Waals surface area contributed by atoms with Crippen LogP contribution in [-0.4, -0.2) is 5.97 Å². The Morgan fingerprint density at radius 3 is 2.42 bits per heavy atom. The number of rotatable bonds is 2. The molecule has 0 N–H and O–H groups in total. The molecule has 1 heterocycles. The highest BCUT2D eigenvalue weighted by Crippen LogP contribution is 2.34. The second kappa shape index (κ2) is 4.79. The number of halogens is 3. The minimum atomic E-state index is -4.74. The molecule has 0 radical (unpaired) electrons. The fourth-order valence-corrected chi connectivity index (χ4v) is 1.55. The summed E-state index contributed by atoms with van der Waals surface area (Å²) in [7, 11) is 0. The van der Waals surface area contributed by atoms with E-state index >= 15 is 0 Å². The maximum absolute atomic E-state index is 12.7. The molecule has 2 aromatic rings. The normalized spacial score (nSPS) is 11.4. The van der Waals surface area contributed by atoms with Gasteiger partial charge in [-0.3, -0.25) is 0 Å². The van der Waals surface area contributed by atoms with E-state index in [0.717, 1.165) is 6.26 Å². The van der Waals surface area contributed by atoms with Crippen LogP contribution in [0.4, 0.5) is 13.2 Å². The van der Waals surface area contributed by atoms with Crippen LogP contribution in [0.15, 0.2) is 41.0 Å². The fourth-order valence-electron chi connectivity index (χ4n) is 1.55. The maximum Gasteiger partial charge on any atom is 0.450 e. The average molecular weight is 270 g/mol. The van der Waals surface area contributed by atoms with Crippen LogP contribution in [0.2, 0.25) is 0 Å². The van der Waals surface area contributed by atoms with Crippen molar-refractivity contribution in [2.45, 2.75) is 13.1 Å². The van der Waals surface area contributed by atoms with Gasteiger partial charge in [-0.05, 0) is 19.1 Å². The number of hydrogen-bond donors (Lipinski definition) is 0. The molecule has 3 nitrogen and oxygen atoms in total. The van der Waals surface area contributed by atoms with Crippen LogP contribution >= 0.6 is 0 Å². The summed E-state index contributed by atoms with van der Waals surface area (Å²) in [5.74, 6) is -2.27. The van der Waals surface area contributed by atoms with E-state index in [4.69, 9.17) is 4.74 Å². The lowest BCUT2D eigenvalue weighted by Crippen LogP contribution is -2.16. The number of furan rings is 1. The quantitative estimate of drug-likeness (QED) is 0.615. The molecule has 2 rings (SSSR count). The van der Waals surface area contributed by atoms with Gasteiger partial charge in [0.15, 0.2) is 0 Å². The van der Waals surface area contributed by atoms with E-state index in [-0.39, 0.29) is 11.3 Å². The van der Waals surface area contributed by atoms with Gasteiger partial charge in [-0.25, -0.2) is 4.79 Å². The van der Waals surface area contributed by atoms with E-state index < -0.39 is 23.5 Å². The van der Waals surface area contributed by atoms with E-state index in [1.165, 1.54) is 19.1 Å². The van der Waals surface area contributed by atoms with Crippen LogP contribution in [0, 0.1) is 6.92 Å². The van der Waals surface area contributed by atoms with Gasteiger partial charge in [-0.1, -0.05) is 18.2 Å². The van der Waals surface area contributed by atoms with Crippen molar-refractivity contribution in [3.05, 3.63) is 53.5 Å². The van der Waals surface area contributed by atoms with E-state index in [1.807, 2.05) is 0 Å². The van der Waals surface area contributed by atoms with Gasteiger partial charge in [0.2, 0.25) is 5.76 Å². The zero-order chi connectivity index (χ0) is 14.0. The average Bonchev–Trinajstić information content (AvgIpc) is 2.72. The van der Waals surface area contributed by atoms with Gasteiger partial charge in [0, 0.05) is 5.56 Å². The monoisotopic (exact) mass is 270 g/mol. The highest BCUT2D eigenvalue weighted by molar-refractivity contribution is 5.93. The molecular formula is C13H9F3O3. The van der Waals surface area contributed by atoms with Crippen molar-refractivity contribution in [3.63, 3.8) is 0 Å². The van der Waals surface area contributed by atoms with E-state index in [1.54, 1.807) is 18.2 Å². The molecule has 0 aliphatic rings. The van der Waals surface area contributed by atoms with Crippen molar-refractivity contribution >= 4 is 5.97 Å². The van der Waals surface area contributed by atoms with Crippen LogP contribution in [0.25, 0.3) is 0 Å². The number of alkyl halides is 3. The molecule has 0 bridgehead atoms. The second-order valence-electron chi connectivity index (χ2n) is 3.82. The summed E-state index contributed by atoms with van der Waals surface area (Å²) >= 11 is 0. The fraction of sp³-hybridized carbons (Fsp3) is 0.154. The molecule has 0 amide bonds. The first kappa shape index (κ1) is 13.2. The van der Waals surface area contributed by atoms with Gasteiger partial charge < -0.3 is 9.15 Å². The Balaban J connectivity index is 2.32. The Morgan fingerprint density at radius 1 is 1.21 bits per heavy atom. The minimum Gasteiger partial charge on any atom is -0.459 e. The first-order valence-electron chi connectivity index (χ1n) is 5.32. The Hall–Kier alpha value is -2.24. The number of ether oxygens (including phenoxy) is 1. The largest absolute Gasteiger partial charge is 0.459 e. The minimum absolute atomic E-state index is 0.0771. The third-order valence-corrected chi connectivity index (χ3v) is 2.39. The summed E-state index contributed by atoms with van der Waals surface area (Å²) in [6, 6.07) is 7.85. The van der Waals surface area contributed by atoms with Crippen LogP contribution in [-0.2, 0) is 6.18 Å². The van der Waals surface area contributed by atoms with Gasteiger partial charge in [-0.15, -0.1) is 0 Å². The number of carbonyl (C=O) groups excluding carboxylic acids is 1. The van der Waals surface area contributed by atoms with Crippen LogP contribution < -0.4 is 4.74 Å². The van der Waals surface area contributed by atoms with Crippen molar-refractivity contribution in [2.75, 3.05) is 0 Å². The number of benzene rings is 1. The molecule has 1 aromatic carbocycles. The molecule has 0 unspecified atom stereocenters. The van der Waals surface area contributed by atoms with Crippen LogP contribution in [0.3, 0.4) is 0 Å². The summed E-state index contributed by atoms with van der Waals surface area (Å²) < 4.78 is 47.2. The maximum atomic E-state index is 12.7. The predicted octanol–water partition coefficient (Wildman–Crippen LogP) is 3.83. The lowest BCUT2D eigenvalue weighted by atomic mass is 10.1. The predicted molar refractivity (Wildman–Crippen MR) is 59.8 cm³/mol. The highest BCUT2D eigenvalue weighted by Gasteiger charge is 2.41. The molecule has 0 fully saturated rings. The summed E-state index contributed by atoms with van der Waals surface area (Å²) in [5, 5.41) is 0. The summed E-state index contributed by atoms with van der Waals surface area (Å²) in [6.07, 6.45) is -3.86. The molecule has 0 atom stereocenters. The third kappa shape index (κ3) is 2.78. The van der Waals surface area contributed by atoms with Gasteiger partial charge >= 0.3 is 12.1 Å². The lowest BCUT2D eigenvalue weighted by molar-refractivity contribution is -0.153. The second-order valence-corrected chi connectivity index (χ2v) is 3.82. The molecule has 0 saturated carbocycles. The van der Waals surface area contributed by atoms with E-state index in [2.05, 4.69) is 4.42 Å². The van der Waals surface area contributed by atoms with Gasteiger partial charge in [-0.2, -0.15) is 13.2 Å². The molecule has 19 heavy (non-hydrogen) atoms. The molecule has 0 aliphatic heterocycles. The molecule has 1 aromatic heterocycles. The molecule has 0 aliphatic carbocycles. The van der Waals surface area contributed by atoms with Crippen molar-refractivity contribution < 1.29 is 27.1 Å². The lowest BCUT2D eigenvalue weighted by Gasteiger charge is -2.07. The first-order chi connectivity index (χ1) is 8.89. The SMILES string of the molecule is Cc1coc(C(F)(F)F)c1C(=O)Oc1ccccc1. The summed E-state index contributed by atoms with van der Waals surface area (Å²) in [6.45, 7) is 1.35. The van der Waals surface area contributed by atoms with E-state index in [0.29, 0.717) is 0 Å². The Kier molecular flexibility index (Phi) is 3.33. The summed E-state index contributed by atoms with van der Waals surface area (Å²) in [5.41, 5.74) is -0.524. The van der Waals surface area contributed by atoms with E-state index in [9.17, 15) is 18.0 Å². The summed E-state index contributed by atoms with van der Waals surface area (Å²) in [4.78, 5) is 11.8. The standard InChI is InChI=1S/C13H9F3O3/c1-8-7-18-11(13(14,15)16)10(8)12(17)19-9-5-3-2-4-6-9/h2-7H,1H3. The number of aryl methyl sites for hydroxylation is 1. The Labute approximate surface area is 106 Å². The zero-order valence-electron chi connectivity index (χ0n) is 9.82. The topological polar surface area (TPSA) is 39.4 Å². The smallest absolute Gasteiger partial charge is 0.450 e. The number of para-hydroxylation sites is 1. The zero-order valence-corrected chi connectivity index (χ0v) is 9.82. The number of esters is 1. The Morgan fingerprint density at radius 2 is 1.84 bits per heavy atom. The first-order valence-corrected chi connectivity index (χ1v) is 5.32. The van der Waals surface area contributed by atoms with Crippen molar-refractivity contribution in [3.8, 4) is 5.75 Å². The van der Waals surface area contributed by atoms with Crippen molar-refractivity contribution in [1.82, 2.24) is 0 Å². The molecular weight excluding hydrogens is 261 g/mol. The van der Waals surface area contributed by atoms with Gasteiger partial charge in [0.05, 0.1) is 6.26 Å². The van der Waals surface area contributed by atoms with Gasteiger partial charge in [0.25, 0.3) is 0 Å². The van der Waals surface area contributed by atoms with Gasteiger partial charge in [0.1, 0.15) is 11.3 Å². The molecule has 6 heteroatoms. The molecule has 0 spiro atoms. The number of carbonyl (C=O) groups is 1. The van der Waals surface area contributed by atoms with Crippen molar-refractivity contribution in [1.29, 1.82) is 0 Å². The Bertz CT molecular complexity index is 585. The molecule has 0 saturated heterocycles. The highest BCUT2D eigenvalue weighted by atomic mass is 19.4. The van der Waals surface area contributed by atoms with Crippen LogP contribution in [0.1, 0.15) is 21.7 Å². The third-order valence-electron chi connectivity index (χ3n) is 2.39.